The SMILES string of the molecule is CN1CCOC(CNC(=O)NCCC(O)C(=O)O)C1. The number of amides is 2. The Hall–Kier alpha value is -1.38. The lowest BCUT2D eigenvalue weighted by Crippen LogP contribution is -2.48. The van der Waals surface area contributed by atoms with E-state index in [4.69, 9.17) is 14.9 Å². The Bertz CT molecular complexity index is 313. The van der Waals surface area contributed by atoms with Gasteiger partial charge in [0.15, 0.2) is 6.10 Å². The summed E-state index contributed by atoms with van der Waals surface area (Å²) in [4.78, 5) is 23.9. The summed E-state index contributed by atoms with van der Waals surface area (Å²) in [5, 5.41) is 22.6. The van der Waals surface area contributed by atoms with Gasteiger partial charge in [-0.2, -0.15) is 0 Å². The van der Waals surface area contributed by atoms with E-state index in [9.17, 15) is 9.59 Å². The Morgan fingerprint density at radius 3 is 2.84 bits per heavy atom. The molecule has 1 aliphatic heterocycles. The third-order valence-electron chi connectivity index (χ3n) is 2.82. The fourth-order valence-corrected chi connectivity index (χ4v) is 1.71. The molecule has 110 valence electrons. The molecule has 0 saturated carbocycles. The lowest BCUT2D eigenvalue weighted by atomic mass is 10.2. The van der Waals surface area contributed by atoms with Crippen molar-refractivity contribution >= 4 is 12.0 Å². The van der Waals surface area contributed by atoms with Crippen LogP contribution in [0.3, 0.4) is 0 Å². The molecule has 8 nitrogen and oxygen atoms in total. The molecule has 0 bridgehead atoms. The lowest BCUT2D eigenvalue weighted by molar-refractivity contribution is -0.146. The first-order valence-corrected chi connectivity index (χ1v) is 6.21. The number of aliphatic hydroxyl groups excluding tert-OH is 1. The first kappa shape index (κ1) is 15.7. The molecule has 1 saturated heterocycles. The van der Waals surface area contributed by atoms with Gasteiger partial charge >= 0.3 is 12.0 Å². The minimum absolute atomic E-state index is 0.0224. The number of morpholine rings is 1. The molecule has 2 unspecified atom stereocenters. The number of carboxylic acid groups (broad SMARTS) is 1. The predicted octanol–water partition coefficient (Wildman–Crippen LogP) is -1.55. The highest BCUT2D eigenvalue weighted by Crippen LogP contribution is 2.01. The Morgan fingerprint density at radius 2 is 2.21 bits per heavy atom. The van der Waals surface area contributed by atoms with E-state index in [1.807, 2.05) is 7.05 Å². The standard InChI is InChI=1S/C11H21N3O5/c1-14-4-5-19-8(7-14)6-13-11(18)12-3-2-9(15)10(16)17/h8-9,15H,2-7H2,1H3,(H,16,17)(H2,12,13,18). The Morgan fingerprint density at radius 1 is 1.47 bits per heavy atom. The van der Waals surface area contributed by atoms with Gasteiger partial charge in [-0.3, -0.25) is 0 Å². The van der Waals surface area contributed by atoms with E-state index in [1.54, 1.807) is 0 Å². The van der Waals surface area contributed by atoms with Crippen LogP contribution in [0.2, 0.25) is 0 Å². The first-order chi connectivity index (χ1) is 8.99. The molecular weight excluding hydrogens is 254 g/mol. The molecule has 0 aromatic heterocycles. The second kappa shape index (κ2) is 7.93. The van der Waals surface area contributed by atoms with Gasteiger partial charge < -0.3 is 30.5 Å². The number of aliphatic carboxylic acids is 1. The van der Waals surface area contributed by atoms with Crippen molar-refractivity contribution in [1.29, 1.82) is 0 Å². The molecule has 8 heteroatoms. The number of nitrogens with one attached hydrogen (secondary N) is 2. The Balaban J connectivity index is 2.09. The third kappa shape index (κ3) is 6.37. The summed E-state index contributed by atoms with van der Waals surface area (Å²) < 4.78 is 5.47. The summed E-state index contributed by atoms with van der Waals surface area (Å²) in [6.45, 7) is 2.80. The van der Waals surface area contributed by atoms with Crippen LogP contribution in [0.1, 0.15) is 6.42 Å². The summed E-state index contributed by atoms with van der Waals surface area (Å²) in [7, 11) is 1.99. The van der Waals surface area contributed by atoms with E-state index in [2.05, 4.69) is 15.5 Å². The number of urea groups is 1. The van der Waals surface area contributed by atoms with Crippen molar-refractivity contribution in [3.63, 3.8) is 0 Å². The van der Waals surface area contributed by atoms with Crippen molar-refractivity contribution in [2.75, 3.05) is 39.8 Å². The highest BCUT2D eigenvalue weighted by Gasteiger charge is 2.18. The second-order valence-corrected chi connectivity index (χ2v) is 4.53. The van der Waals surface area contributed by atoms with Crippen LogP contribution in [0.5, 0.6) is 0 Å². The maximum absolute atomic E-state index is 11.4. The van der Waals surface area contributed by atoms with Gasteiger partial charge in [0.25, 0.3) is 0 Å². The minimum atomic E-state index is -1.45. The number of carbonyl (C=O) groups is 2. The molecular formula is C11H21N3O5. The number of rotatable bonds is 6. The van der Waals surface area contributed by atoms with Crippen molar-refractivity contribution < 1.29 is 24.5 Å². The van der Waals surface area contributed by atoms with Gasteiger partial charge in [0.1, 0.15) is 0 Å². The van der Waals surface area contributed by atoms with Crippen molar-refractivity contribution in [3.05, 3.63) is 0 Å². The molecule has 0 radical (unpaired) electrons. The van der Waals surface area contributed by atoms with Gasteiger partial charge in [0, 0.05) is 32.6 Å². The fourth-order valence-electron chi connectivity index (χ4n) is 1.71. The second-order valence-electron chi connectivity index (χ2n) is 4.53. The number of nitrogens with zero attached hydrogens (tertiary/aromatic N) is 1. The van der Waals surface area contributed by atoms with E-state index in [0.717, 1.165) is 13.1 Å². The largest absolute Gasteiger partial charge is 0.479 e. The van der Waals surface area contributed by atoms with Crippen molar-refractivity contribution in [2.45, 2.75) is 18.6 Å². The van der Waals surface area contributed by atoms with Gasteiger partial charge in [-0.1, -0.05) is 0 Å². The molecule has 0 aromatic rings. The number of hydrogen-bond acceptors (Lipinski definition) is 5. The fraction of sp³-hybridized carbons (Fsp3) is 0.818. The number of aliphatic hydroxyl groups is 1. The predicted molar refractivity (Wildman–Crippen MR) is 66.9 cm³/mol. The van der Waals surface area contributed by atoms with Crippen LogP contribution in [-0.4, -0.2) is 79.2 Å². The average molecular weight is 275 g/mol. The summed E-state index contributed by atoms with van der Waals surface area (Å²) in [6.07, 6.45) is -1.50. The zero-order valence-corrected chi connectivity index (χ0v) is 11.0. The van der Waals surface area contributed by atoms with Crippen LogP contribution in [0.4, 0.5) is 4.79 Å². The summed E-state index contributed by atoms with van der Waals surface area (Å²) in [5.41, 5.74) is 0. The summed E-state index contributed by atoms with van der Waals surface area (Å²) >= 11 is 0. The van der Waals surface area contributed by atoms with E-state index < -0.39 is 18.1 Å². The number of hydrogen-bond donors (Lipinski definition) is 4. The van der Waals surface area contributed by atoms with Gasteiger partial charge in [0.2, 0.25) is 0 Å². The van der Waals surface area contributed by atoms with Crippen LogP contribution < -0.4 is 10.6 Å². The number of ether oxygens (including phenoxy) is 1. The molecule has 19 heavy (non-hydrogen) atoms. The Kier molecular flexibility index (Phi) is 6.54. The normalized spacial score (nSPS) is 21.7. The topological polar surface area (TPSA) is 111 Å². The van der Waals surface area contributed by atoms with Gasteiger partial charge in [-0.15, -0.1) is 0 Å². The van der Waals surface area contributed by atoms with E-state index in [0.29, 0.717) is 13.2 Å². The van der Waals surface area contributed by atoms with Crippen molar-refractivity contribution in [1.82, 2.24) is 15.5 Å². The maximum Gasteiger partial charge on any atom is 0.332 e. The molecule has 2 amide bonds. The van der Waals surface area contributed by atoms with Crippen LogP contribution in [0.15, 0.2) is 0 Å². The zero-order chi connectivity index (χ0) is 14.3. The number of likely N-dealkylation sites (N-methyl/N-ethyl adjacent to an activating group) is 1. The van der Waals surface area contributed by atoms with Crippen LogP contribution in [0, 0.1) is 0 Å². The van der Waals surface area contributed by atoms with Crippen LogP contribution >= 0.6 is 0 Å². The minimum Gasteiger partial charge on any atom is -0.479 e. The lowest BCUT2D eigenvalue weighted by Gasteiger charge is -2.30. The average Bonchev–Trinajstić information content (AvgIpc) is 2.36. The van der Waals surface area contributed by atoms with Gasteiger partial charge in [-0.05, 0) is 7.05 Å². The van der Waals surface area contributed by atoms with E-state index in [-0.39, 0.29) is 19.1 Å². The smallest absolute Gasteiger partial charge is 0.332 e. The molecule has 1 rings (SSSR count). The molecule has 1 aliphatic rings. The first-order valence-electron chi connectivity index (χ1n) is 6.21. The molecule has 2 atom stereocenters. The van der Waals surface area contributed by atoms with Crippen LogP contribution in [0.25, 0.3) is 0 Å². The van der Waals surface area contributed by atoms with Crippen molar-refractivity contribution in [2.24, 2.45) is 0 Å². The highest BCUT2D eigenvalue weighted by molar-refractivity contribution is 5.74. The Labute approximate surface area is 111 Å². The van der Waals surface area contributed by atoms with E-state index >= 15 is 0 Å². The molecule has 0 aliphatic carbocycles. The summed E-state index contributed by atoms with van der Waals surface area (Å²) in [5.74, 6) is -1.29. The molecule has 1 fully saturated rings. The number of carboxylic acids is 1. The molecule has 4 N–H and O–H groups in total. The summed E-state index contributed by atoms with van der Waals surface area (Å²) in [6, 6.07) is -0.394. The molecule has 0 spiro atoms. The monoisotopic (exact) mass is 275 g/mol. The van der Waals surface area contributed by atoms with Gasteiger partial charge in [-0.25, -0.2) is 9.59 Å². The van der Waals surface area contributed by atoms with Gasteiger partial charge in [0.05, 0.1) is 12.7 Å². The molecule has 1 heterocycles. The quantitative estimate of drug-likeness (QED) is 0.467. The van der Waals surface area contributed by atoms with E-state index in [1.165, 1.54) is 0 Å². The maximum atomic E-state index is 11.4. The van der Waals surface area contributed by atoms with Crippen LogP contribution in [-0.2, 0) is 9.53 Å². The zero-order valence-electron chi connectivity index (χ0n) is 11.0. The highest BCUT2D eigenvalue weighted by atomic mass is 16.5. The molecule has 0 aromatic carbocycles. The van der Waals surface area contributed by atoms with Crippen molar-refractivity contribution in [3.8, 4) is 0 Å². The third-order valence-corrected chi connectivity index (χ3v) is 2.82. The number of carbonyl (C=O) groups excluding carboxylic acids is 1.